The fourth-order valence-electron chi connectivity index (χ4n) is 3.83. The van der Waals surface area contributed by atoms with E-state index in [2.05, 4.69) is 22.0 Å². The van der Waals surface area contributed by atoms with E-state index < -0.39 is 10.0 Å². The van der Waals surface area contributed by atoms with Crippen molar-refractivity contribution in [1.29, 1.82) is 0 Å². The highest BCUT2D eigenvalue weighted by atomic mass is 32.2. The standard InChI is InChI=1S/C24H36N6O4S/c1-7-9-10-11-21-25-17(3)22-24(31)26-23(27-30(21)22)19-16-18(12-13-20(19)34-8-2)35(32,33)29(6)15-14-28(4)5/h12-13,16H,7-11,14-15H2,1-6H3,(H,26,27,31). The van der Waals surface area contributed by atoms with Gasteiger partial charge in [-0.1, -0.05) is 19.8 Å². The summed E-state index contributed by atoms with van der Waals surface area (Å²) in [5.41, 5.74) is 1.07. The Morgan fingerprint density at radius 3 is 2.51 bits per heavy atom. The van der Waals surface area contributed by atoms with E-state index in [0.717, 1.165) is 19.3 Å². The van der Waals surface area contributed by atoms with Crippen molar-refractivity contribution in [2.45, 2.75) is 51.3 Å². The van der Waals surface area contributed by atoms with Crippen molar-refractivity contribution >= 4 is 15.5 Å². The van der Waals surface area contributed by atoms with Gasteiger partial charge in [0.2, 0.25) is 10.0 Å². The fourth-order valence-corrected chi connectivity index (χ4v) is 5.02. The van der Waals surface area contributed by atoms with Gasteiger partial charge in [0, 0.05) is 26.6 Å². The zero-order valence-corrected chi connectivity index (χ0v) is 22.3. The van der Waals surface area contributed by atoms with Gasteiger partial charge in [-0.05, 0) is 52.6 Å². The summed E-state index contributed by atoms with van der Waals surface area (Å²) in [5.74, 6) is 1.38. The van der Waals surface area contributed by atoms with E-state index in [9.17, 15) is 13.2 Å². The molecule has 1 N–H and O–H groups in total. The number of rotatable bonds is 12. The summed E-state index contributed by atoms with van der Waals surface area (Å²) in [6.45, 7) is 7.07. The third-order valence-electron chi connectivity index (χ3n) is 5.82. The number of ether oxygens (including phenoxy) is 1. The number of aromatic amines is 1. The maximum absolute atomic E-state index is 13.2. The highest BCUT2D eigenvalue weighted by Gasteiger charge is 2.24. The molecule has 0 aliphatic heterocycles. The predicted octanol–water partition coefficient (Wildman–Crippen LogP) is 2.71. The molecule has 1 aromatic carbocycles. The van der Waals surface area contributed by atoms with Gasteiger partial charge in [0.15, 0.2) is 11.3 Å². The van der Waals surface area contributed by atoms with Gasteiger partial charge in [-0.15, -0.1) is 5.10 Å². The average molecular weight is 505 g/mol. The molecule has 0 radical (unpaired) electrons. The lowest BCUT2D eigenvalue weighted by atomic mass is 10.2. The van der Waals surface area contributed by atoms with Crippen molar-refractivity contribution in [1.82, 2.24) is 28.8 Å². The van der Waals surface area contributed by atoms with E-state index in [4.69, 9.17) is 4.74 Å². The summed E-state index contributed by atoms with van der Waals surface area (Å²) in [6.07, 6.45) is 3.77. The molecule has 0 amide bonds. The lowest BCUT2D eigenvalue weighted by Crippen LogP contribution is -2.33. The van der Waals surface area contributed by atoms with Crippen molar-refractivity contribution in [2.75, 3.05) is 40.8 Å². The number of aromatic nitrogens is 4. The smallest absolute Gasteiger partial charge is 0.277 e. The second kappa shape index (κ2) is 11.3. The molecule has 0 aliphatic carbocycles. The van der Waals surface area contributed by atoms with E-state index in [1.165, 1.54) is 16.4 Å². The quantitative estimate of drug-likeness (QED) is 0.377. The van der Waals surface area contributed by atoms with Gasteiger partial charge < -0.3 is 14.6 Å². The topological polar surface area (TPSA) is 113 Å². The molecule has 0 atom stereocenters. The van der Waals surface area contributed by atoms with Crippen molar-refractivity contribution in [3.8, 4) is 17.1 Å². The highest BCUT2D eigenvalue weighted by molar-refractivity contribution is 7.89. The molecule has 0 fully saturated rings. The van der Waals surface area contributed by atoms with Crippen molar-refractivity contribution in [3.63, 3.8) is 0 Å². The summed E-state index contributed by atoms with van der Waals surface area (Å²) in [4.78, 5) is 22.4. The molecule has 35 heavy (non-hydrogen) atoms. The SMILES string of the molecule is CCCCCc1nc(C)c2c(=O)[nH]c(-c3cc(S(=O)(=O)N(C)CCN(C)C)ccc3OCC)nn12. The Bertz CT molecular complexity index is 1330. The van der Waals surface area contributed by atoms with E-state index in [1.54, 1.807) is 24.6 Å². The molecule has 0 bridgehead atoms. The van der Waals surface area contributed by atoms with E-state index in [-0.39, 0.29) is 16.3 Å². The molecule has 2 aromatic heterocycles. The molecule has 10 nitrogen and oxygen atoms in total. The predicted molar refractivity (Wildman–Crippen MR) is 137 cm³/mol. The minimum absolute atomic E-state index is 0.102. The number of unbranched alkanes of at least 4 members (excludes halogenated alkanes) is 2. The first kappa shape index (κ1) is 26.8. The molecule has 0 saturated carbocycles. The van der Waals surface area contributed by atoms with E-state index >= 15 is 0 Å². The number of H-pyrrole nitrogens is 1. The van der Waals surface area contributed by atoms with Gasteiger partial charge in [-0.25, -0.2) is 17.9 Å². The van der Waals surface area contributed by atoms with Gasteiger partial charge in [-0.3, -0.25) is 4.79 Å². The van der Waals surface area contributed by atoms with Crippen LogP contribution in [-0.4, -0.2) is 78.0 Å². The number of fused-ring (bicyclic) bond motifs is 1. The van der Waals surface area contributed by atoms with Crippen LogP contribution in [0, 0.1) is 6.92 Å². The summed E-state index contributed by atoms with van der Waals surface area (Å²) in [6, 6.07) is 4.64. The minimum atomic E-state index is -3.76. The van der Waals surface area contributed by atoms with Gasteiger partial charge in [0.05, 0.1) is 22.8 Å². The van der Waals surface area contributed by atoms with Crippen LogP contribution in [0.25, 0.3) is 16.9 Å². The van der Waals surface area contributed by atoms with Crippen LogP contribution in [0.2, 0.25) is 0 Å². The van der Waals surface area contributed by atoms with Crippen LogP contribution >= 0.6 is 0 Å². The van der Waals surface area contributed by atoms with Gasteiger partial charge in [-0.2, -0.15) is 4.31 Å². The summed E-state index contributed by atoms with van der Waals surface area (Å²) in [5, 5.41) is 4.68. The number of hydrogen-bond donors (Lipinski definition) is 1. The number of imidazole rings is 1. The van der Waals surface area contributed by atoms with Crippen LogP contribution in [0.3, 0.4) is 0 Å². The maximum Gasteiger partial charge on any atom is 0.277 e. The van der Waals surface area contributed by atoms with Gasteiger partial charge in [0.25, 0.3) is 5.56 Å². The first-order valence-corrected chi connectivity index (χ1v) is 13.4. The Balaban J connectivity index is 2.13. The minimum Gasteiger partial charge on any atom is -0.493 e. The second-order valence-electron chi connectivity index (χ2n) is 8.85. The molecule has 2 heterocycles. The number of nitrogens with zero attached hydrogens (tertiary/aromatic N) is 5. The molecule has 192 valence electrons. The third-order valence-corrected chi connectivity index (χ3v) is 7.68. The molecule has 0 aliphatic rings. The normalized spacial score (nSPS) is 12.2. The molecule has 11 heteroatoms. The fraction of sp³-hybridized carbons (Fsp3) is 0.542. The van der Waals surface area contributed by atoms with Crippen molar-refractivity contribution < 1.29 is 13.2 Å². The Labute approximate surface area is 207 Å². The zero-order valence-electron chi connectivity index (χ0n) is 21.5. The molecule has 3 rings (SSSR count). The number of benzene rings is 1. The number of hydrogen-bond acceptors (Lipinski definition) is 7. The number of sulfonamides is 1. The molecule has 3 aromatic rings. The number of likely N-dealkylation sites (N-methyl/N-ethyl adjacent to an activating group) is 2. The van der Waals surface area contributed by atoms with Gasteiger partial charge in [0.1, 0.15) is 11.6 Å². The number of nitrogens with one attached hydrogen (secondary N) is 1. The monoisotopic (exact) mass is 504 g/mol. The largest absolute Gasteiger partial charge is 0.493 e. The molecule has 0 spiro atoms. The van der Waals surface area contributed by atoms with Crippen molar-refractivity contribution in [3.05, 3.63) is 40.1 Å². The maximum atomic E-state index is 13.2. The van der Waals surface area contributed by atoms with Crippen LogP contribution in [-0.2, 0) is 16.4 Å². The lowest BCUT2D eigenvalue weighted by Gasteiger charge is -2.20. The van der Waals surface area contributed by atoms with Crippen molar-refractivity contribution in [2.24, 2.45) is 0 Å². The van der Waals surface area contributed by atoms with Crippen LogP contribution in [0.1, 0.15) is 44.6 Å². The third kappa shape index (κ3) is 5.91. The van der Waals surface area contributed by atoms with Crippen LogP contribution in [0.15, 0.2) is 27.9 Å². The molecular weight excluding hydrogens is 468 g/mol. The Kier molecular flexibility index (Phi) is 8.68. The second-order valence-corrected chi connectivity index (χ2v) is 10.9. The summed E-state index contributed by atoms with van der Waals surface area (Å²) in [7, 11) is 1.58. The molecular formula is C24H36N6O4S. The molecule has 0 unspecified atom stereocenters. The highest BCUT2D eigenvalue weighted by Crippen LogP contribution is 2.31. The van der Waals surface area contributed by atoms with Crippen LogP contribution < -0.4 is 10.3 Å². The Hall–Kier alpha value is -2.76. The lowest BCUT2D eigenvalue weighted by molar-refractivity contribution is 0.341. The van der Waals surface area contributed by atoms with E-state index in [0.29, 0.717) is 54.5 Å². The zero-order chi connectivity index (χ0) is 25.8. The Morgan fingerprint density at radius 1 is 1.11 bits per heavy atom. The van der Waals surface area contributed by atoms with Crippen LogP contribution in [0.5, 0.6) is 5.75 Å². The summed E-state index contributed by atoms with van der Waals surface area (Å²) < 4.78 is 35.1. The van der Waals surface area contributed by atoms with Gasteiger partial charge >= 0.3 is 0 Å². The first-order valence-electron chi connectivity index (χ1n) is 12.0. The Morgan fingerprint density at radius 2 is 1.86 bits per heavy atom. The summed E-state index contributed by atoms with van der Waals surface area (Å²) >= 11 is 0. The first-order chi connectivity index (χ1) is 16.6. The molecule has 0 saturated heterocycles. The van der Waals surface area contributed by atoms with E-state index in [1.807, 2.05) is 25.9 Å². The average Bonchev–Trinajstić information content (AvgIpc) is 3.13. The van der Waals surface area contributed by atoms with Crippen LogP contribution in [0.4, 0.5) is 0 Å². The number of aryl methyl sites for hydroxylation is 2.